The standard InChI is InChI=1S/C22H25NO3/c1-3-4-5-9-19-18-8-6-7-10-20(18)23(21(19)22(24)25)15-16-11-13-17(26-2)14-12-16/h6-8,10-14H,3-5,9,15H2,1-2H3,(H,24,25). The molecule has 0 radical (unpaired) electrons. The minimum Gasteiger partial charge on any atom is -0.497 e. The van der Waals surface area contributed by atoms with Crippen molar-refractivity contribution in [3.63, 3.8) is 0 Å². The molecule has 0 bridgehead atoms. The highest BCUT2D eigenvalue weighted by Crippen LogP contribution is 2.29. The Hall–Kier alpha value is -2.75. The van der Waals surface area contributed by atoms with Gasteiger partial charge in [-0.1, -0.05) is 50.1 Å². The molecule has 3 aromatic rings. The number of benzene rings is 2. The van der Waals surface area contributed by atoms with Crippen molar-refractivity contribution in [1.29, 1.82) is 0 Å². The molecule has 136 valence electrons. The molecular weight excluding hydrogens is 326 g/mol. The minimum atomic E-state index is -0.860. The number of carboxylic acids is 1. The number of hydrogen-bond acceptors (Lipinski definition) is 2. The molecule has 0 aliphatic rings. The second-order valence-corrected chi connectivity index (χ2v) is 6.54. The van der Waals surface area contributed by atoms with Gasteiger partial charge in [-0.2, -0.15) is 0 Å². The van der Waals surface area contributed by atoms with Crippen molar-refractivity contribution in [2.24, 2.45) is 0 Å². The summed E-state index contributed by atoms with van der Waals surface area (Å²) in [6.07, 6.45) is 4.03. The van der Waals surface area contributed by atoms with Crippen molar-refractivity contribution in [2.45, 2.75) is 39.2 Å². The van der Waals surface area contributed by atoms with E-state index in [9.17, 15) is 9.90 Å². The third kappa shape index (κ3) is 3.59. The van der Waals surface area contributed by atoms with Crippen LogP contribution in [0.3, 0.4) is 0 Å². The molecule has 3 rings (SSSR count). The van der Waals surface area contributed by atoms with Crippen LogP contribution >= 0.6 is 0 Å². The first-order valence-corrected chi connectivity index (χ1v) is 9.12. The van der Waals surface area contributed by atoms with Crippen molar-refractivity contribution in [3.8, 4) is 5.75 Å². The lowest BCUT2D eigenvalue weighted by molar-refractivity contribution is 0.0685. The molecule has 0 aliphatic heterocycles. The first kappa shape index (κ1) is 18.1. The summed E-state index contributed by atoms with van der Waals surface area (Å²) in [5.74, 6) is -0.0639. The molecule has 0 saturated carbocycles. The summed E-state index contributed by atoms with van der Waals surface area (Å²) in [6, 6.07) is 15.8. The number of ether oxygens (including phenoxy) is 1. The smallest absolute Gasteiger partial charge is 0.352 e. The molecule has 1 aromatic heterocycles. The highest BCUT2D eigenvalue weighted by atomic mass is 16.5. The molecule has 1 heterocycles. The molecule has 0 unspecified atom stereocenters. The van der Waals surface area contributed by atoms with Gasteiger partial charge < -0.3 is 14.4 Å². The molecule has 1 N–H and O–H groups in total. The van der Waals surface area contributed by atoms with Crippen LogP contribution in [0.25, 0.3) is 10.9 Å². The summed E-state index contributed by atoms with van der Waals surface area (Å²) in [7, 11) is 1.64. The van der Waals surface area contributed by atoms with Gasteiger partial charge in [0.2, 0.25) is 0 Å². The third-order valence-corrected chi connectivity index (χ3v) is 4.81. The molecule has 4 nitrogen and oxygen atoms in total. The number of hydrogen-bond donors (Lipinski definition) is 1. The number of methoxy groups -OCH3 is 1. The van der Waals surface area contributed by atoms with E-state index in [1.54, 1.807) is 7.11 Å². The maximum absolute atomic E-state index is 12.1. The van der Waals surface area contributed by atoms with E-state index < -0.39 is 5.97 Å². The summed E-state index contributed by atoms with van der Waals surface area (Å²) >= 11 is 0. The van der Waals surface area contributed by atoms with Crippen LogP contribution in [0.1, 0.15) is 47.8 Å². The Morgan fingerprint density at radius 3 is 2.46 bits per heavy atom. The second kappa shape index (κ2) is 8.09. The predicted octanol–water partition coefficient (Wildman–Crippen LogP) is 5.13. The summed E-state index contributed by atoms with van der Waals surface area (Å²) in [5.41, 5.74) is 3.40. The van der Waals surface area contributed by atoms with Gasteiger partial charge in [0.05, 0.1) is 7.11 Å². The summed E-state index contributed by atoms with van der Waals surface area (Å²) in [6.45, 7) is 2.69. The number of aromatic nitrogens is 1. The second-order valence-electron chi connectivity index (χ2n) is 6.54. The molecule has 2 aromatic carbocycles. The van der Waals surface area contributed by atoms with E-state index in [1.807, 2.05) is 53.1 Å². The first-order valence-electron chi connectivity index (χ1n) is 9.12. The van der Waals surface area contributed by atoms with Crippen LogP contribution in [0.5, 0.6) is 5.75 Å². The largest absolute Gasteiger partial charge is 0.497 e. The van der Waals surface area contributed by atoms with Crippen LogP contribution in [0.2, 0.25) is 0 Å². The molecule has 0 spiro atoms. The van der Waals surface area contributed by atoms with E-state index in [2.05, 4.69) is 6.92 Å². The van der Waals surface area contributed by atoms with Gasteiger partial charge in [-0.15, -0.1) is 0 Å². The molecule has 0 atom stereocenters. The lowest BCUT2D eigenvalue weighted by Gasteiger charge is -2.10. The van der Waals surface area contributed by atoms with E-state index in [0.717, 1.165) is 53.5 Å². The maximum Gasteiger partial charge on any atom is 0.352 e. The SMILES string of the molecule is CCCCCc1c(C(=O)O)n(Cc2ccc(OC)cc2)c2ccccc12. The number of para-hydroxylation sites is 1. The molecule has 0 aliphatic carbocycles. The zero-order chi connectivity index (χ0) is 18.5. The number of unbranched alkanes of at least 4 members (excludes halogenated alkanes) is 2. The average molecular weight is 351 g/mol. The Labute approximate surface area is 154 Å². The Bertz CT molecular complexity index is 894. The zero-order valence-electron chi connectivity index (χ0n) is 15.4. The maximum atomic E-state index is 12.1. The average Bonchev–Trinajstić information content (AvgIpc) is 2.97. The van der Waals surface area contributed by atoms with Crippen LogP contribution in [-0.4, -0.2) is 22.8 Å². The quantitative estimate of drug-likeness (QED) is 0.572. The topological polar surface area (TPSA) is 51.5 Å². The first-order chi connectivity index (χ1) is 12.7. The Morgan fingerprint density at radius 2 is 1.81 bits per heavy atom. The third-order valence-electron chi connectivity index (χ3n) is 4.81. The van der Waals surface area contributed by atoms with Gasteiger partial charge in [0.1, 0.15) is 11.4 Å². The fourth-order valence-electron chi connectivity index (χ4n) is 3.50. The number of carboxylic acid groups (broad SMARTS) is 1. The van der Waals surface area contributed by atoms with Crippen molar-refractivity contribution in [3.05, 3.63) is 65.4 Å². The van der Waals surface area contributed by atoms with Crippen LogP contribution in [0.15, 0.2) is 48.5 Å². The highest BCUT2D eigenvalue weighted by Gasteiger charge is 2.21. The van der Waals surface area contributed by atoms with Gasteiger partial charge in [0.15, 0.2) is 0 Å². The molecule has 0 fully saturated rings. The van der Waals surface area contributed by atoms with Gasteiger partial charge in [0, 0.05) is 17.4 Å². The monoisotopic (exact) mass is 351 g/mol. The normalized spacial score (nSPS) is 11.0. The Morgan fingerprint density at radius 1 is 1.08 bits per heavy atom. The Balaban J connectivity index is 2.07. The van der Waals surface area contributed by atoms with Crippen LogP contribution in [0.4, 0.5) is 0 Å². The molecule has 0 saturated heterocycles. The van der Waals surface area contributed by atoms with Gasteiger partial charge in [0.25, 0.3) is 0 Å². The van der Waals surface area contributed by atoms with Crippen LogP contribution in [0, 0.1) is 0 Å². The molecular formula is C22H25NO3. The number of aromatic carboxylic acids is 1. The number of aryl methyl sites for hydroxylation is 1. The zero-order valence-corrected chi connectivity index (χ0v) is 15.4. The Kier molecular flexibility index (Phi) is 5.61. The minimum absolute atomic E-state index is 0.415. The number of fused-ring (bicyclic) bond motifs is 1. The van der Waals surface area contributed by atoms with Crippen molar-refractivity contribution in [2.75, 3.05) is 7.11 Å². The van der Waals surface area contributed by atoms with E-state index in [4.69, 9.17) is 4.74 Å². The van der Waals surface area contributed by atoms with E-state index >= 15 is 0 Å². The van der Waals surface area contributed by atoms with Crippen LogP contribution in [-0.2, 0) is 13.0 Å². The lowest BCUT2D eigenvalue weighted by Crippen LogP contribution is -2.11. The highest BCUT2D eigenvalue weighted by molar-refractivity contribution is 5.98. The van der Waals surface area contributed by atoms with Crippen molar-refractivity contribution in [1.82, 2.24) is 4.57 Å². The number of carbonyl (C=O) groups is 1. The summed E-state index contributed by atoms with van der Waals surface area (Å²) < 4.78 is 7.14. The summed E-state index contributed by atoms with van der Waals surface area (Å²) in [4.78, 5) is 12.1. The van der Waals surface area contributed by atoms with E-state index in [1.165, 1.54) is 0 Å². The molecule has 26 heavy (non-hydrogen) atoms. The van der Waals surface area contributed by atoms with Gasteiger partial charge in [-0.3, -0.25) is 0 Å². The van der Waals surface area contributed by atoms with Crippen LogP contribution < -0.4 is 4.74 Å². The summed E-state index contributed by atoms with van der Waals surface area (Å²) in [5, 5.41) is 11.0. The van der Waals surface area contributed by atoms with Gasteiger partial charge in [-0.05, 0) is 42.2 Å². The number of nitrogens with zero attached hydrogens (tertiary/aromatic N) is 1. The predicted molar refractivity (Wildman–Crippen MR) is 104 cm³/mol. The number of rotatable bonds is 8. The fraction of sp³-hybridized carbons (Fsp3) is 0.318. The van der Waals surface area contributed by atoms with Gasteiger partial charge >= 0.3 is 5.97 Å². The van der Waals surface area contributed by atoms with E-state index in [-0.39, 0.29) is 0 Å². The van der Waals surface area contributed by atoms with Crippen molar-refractivity contribution < 1.29 is 14.6 Å². The van der Waals surface area contributed by atoms with Gasteiger partial charge in [-0.25, -0.2) is 4.79 Å². The molecule has 0 amide bonds. The van der Waals surface area contributed by atoms with Crippen molar-refractivity contribution >= 4 is 16.9 Å². The fourth-order valence-corrected chi connectivity index (χ4v) is 3.50. The van der Waals surface area contributed by atoms with E-state index in [0.29, 0.717) is 12.2 Å². The molecule has 4 heteroatoms. The lowest BCUT2D eigenvalue weighted by atomic mass is 10.0.